The van der Waals surface area contributed by atoms with Crippen LogP contribution in [0.2, 0.25) is 0 Å². The van der Waals surface area contributed by atoms with Gasteiger partial charge >= 0.3 is 5.97 Å². The number of rotatable bonds is 5. The molecule has 0 atom stereocenters. The average Bonchev–Trinajstić information content (AvgIpc) is 2.64. The molecule has 1 fully saturated rings. The van der Waals surface area contributed by atoms with Gasteiger partial charge in [0.15, 0.2) is 6.61 Å². The normalized spacial score (nSPS) is 15.7. The Kier molecular flexibility index (Phi) is 7.02. The third kappa shape index (κ3) is 6.53. The second-order valence-electron chi connectivity index (χ2n) is 8.05. The predicted molar refractivity (Wildman–Crippen MR) is 106 cm³/mol. The van der Waals surface area contributed by atoms with Gasteiger partial charge < -0.3 is 15.0 Å². The van der Waals surface area contributed by atoms with Gasteiger partial charge in [-0.1, -0.05) is 26.8 Å². The number of likely N-dealkylation sites (tertiary alicyclic amines) is 1. The number of benzene rings is 1. The van der Waals surface area contributed by atoms with Crippen molar-refractivity contribution < 1.29 is 27.5 Å². The summed E-state index contributed by atoms with van der Waals surface area (Å²) < 4.78 is 27.8. The topological polar surface area (TPSA) is 136 Å². The molecule has 0 aromatic heterocycles. The van der Waals surface area contributed by atoms with Crippen LogP contribution >= 0.6 is 0 Å². The fourth-order valence-corrected chi connectivity index (χ4v) is 3.55. The van der Waals surface area contributed by atoms with E-state index in [0.717, 1.165) is 0 Å². The molecular weight excluding hydrogens is 398 g/mol. The van der Waals surface area contributed by atoms with Gasteiger partial charge in [0.2, 0.25) is 15.9 Å². The number of nitrogens with two attached hydrogens (primary N) is 1. The number of piperidine rings is 1. The molecule has 160 valence electrons. The minimum atomic E-state index is -3.89. The first kappa shape index (κ1) is 22.8. The van der Waals surface area contributed by atoms with Crippen molar-refractivity contribution in [1.82, 2.24) is 4.90 Å². The van der Waals surface area contributed by atoms with E-state index in [1.165, 1.54) is 24.3 Å². The number of carbonyl (C=O) groups excluding carboxylic acids is 3. The van der Waals surface area contributed by atoms with Crippen molar-refractivity contribution in [2.24, 2.45) is 16.5 Å². The van der Waals surface area contributed by atoms with Gasteiger partial charge in [0.25, 0.3) is 5.91 Å². The van der Waals surface area contributed by atoms with E-state index < -0.39 is 33.9 Å². The molecule has 0 aliphatic carbocycles. The fraction of sp³-hybridized carbons (Fsp3) is 0.526. The number of carbonyl (C=O) groups is 3. The SMILES string of the molecule is CC(C)(C)C(=O)N1CCC(C(=O)OCC(=O)Nc2cccc(S(N)(=O)=O)c2)CC1. The minimum absolute atomic E-state index is 0.0467. The summed E-state index contributed by atoms with van der Waals surface area (Å²) >= 11 is 0. The third-order valence-corrected chi connectivity index (χ3v) is 5.46. The highest BCUT2D eigenvalue weighted by Gasteiger charge is 2.33. The van der Waals surface area contributed by atoms with Crippen molar-refractivity contribution in [3.05, 3.63) is 24.3 Å². The molecule has 29 heavy (non-hydrogen) atoms. The Morgan fingerprint density at radius 2 is 1.83 bits per heavy atom. The highest BCUT2D eigenvalue weighted by Crippen LogP contribution is 2.24. The Hall–Kier alpha value is -2.46. The molecule has 0 bridgehead atoms. The highest BCUT2D eigenvalue weighted by atomic mass is 32.2. The lowest BCUT2D eigenvalue weighted by atomic mass is 9.91. The lowest BCUT2D eigenvalue weighted by Gasteiger charge is -2.34. The quantitative estimate of drug-likeness (QED) is 0.678. The Balaban J connectivity index is 1.81. The average molecular weight is 426 g/mol. The second-order valence-corrected chi connectivity index (χ2v) is 9.61. The largest absolute Gasteiger partial charge is 0.455 e. The first-order valence-corrected chi connectivity index (χ1v) is 10.8. The molecule has 1 heterocycles. The smallest absolute Gasteiger partial charge is 0.309 e. The number of primary sulfonamides is 1. The standard InChI is InChI=1S/C19H27N3O6S/c1-19(2,3)18(25)22-9-7-13(8-10-22)17(24)28-12-16(23)21-14-5-4-6-15(11-14)29(20,26)27/h4-6,11,13H,7-10,12H2,1-3H3,(H,21,23)(H2,20,26,27). The van der Waals surface area contributed by atoms with Crippen molar-refractivity contribution >= 4 is 33.5 Å². The zero-order valence-corrected chi connectivity index (χ0v) is 17.6. The third-order valence-electron chi connectivity index (χ3n) is 4.55. The highest BCUT2D eigenvalue weighted by molar-refractivity contribution is 7.89. The van der Waals surface area contributed by atoms with Crippen LogP contribution in [0.4, 0.5) is 5.69 Å². The summed E-state index contributed by atoms with van der Waals surface area (Å²) in [6.07, 6.45) is 0.970. The van der Waals surface area contributed by atoms with Crippen LogP contribution in [0.1, 0.15) is 33.6 Å². The van der Waals surface area contributed by atoms with Gasteiger partial charge in [-0.25, -0.2) is 13.6 Å². The van der Waals surface area contributed by atoms with E-state index in [-0.39, 0.29) is 22.4 Å². The van der Waals surface area contributed by atoms with Crippen LogP contribution in [0.15, 0.2) is 29.2 Å². The Morgan fingerprint density at radius 3 is 2.38 bits per heavy atom. The molecule has 2 amide bonds. The number of esters is 1. The number of nitrogens with one attached hydrogen (secondary N) is 1. The van der Waals surface area contributed by atoms with Gasteiger partial charge in [-0.05, 0) is 31.0 Å². The number of amides is 2. The van der Waals surface area contributed by atoms with E-state index in [2.05, 4.69) is 5.32 Å². The first-order chi connectivity index (χ1) is 13.4. The zero-order valence-electron chi connectivity index (χ0n) is 16.8. The molecule has 1 aromatic rings. The van der Waals surface area contributed by atoms with Crippen LogP contribution in [-0.4, -0.2) is 50.8 Å². The van der Waals surface area contributed by atoms with Crippen LogP contribution in [0.3, 0.4) is 0 Å². The van der Waals surface area contributed by atoms with E-state index in [4.69, 9.17) is 9.88 Å². The van der Waals surface area contributed by atoms with Gasteiger partial charge in [-0.3, -0.25) is 14.4 Å². The van der Waals surface area contributed by atoms with Gasteiger partial charge in [0.1, 0.15) is 0 Å². The molecule has 1 aromatic carbocycles. The Bertz CT molecular complexity index is 883. The molecule has 1 aliphatic heterocycles. The van der Waals surface area contributed by atoms with Crippen molar-refractivity contribution in [1.29, 1.82) is 0 Å². The summed E-state index contributed by atoms with van der Waals surface area (Å²) in [5, 5.41) is 7.52. The number of hydrogen-bond acceptors (Lipinski definition) is 6. The summed E-state index contributed by atoms with van der Waals surface area (Å²) in [4.78, 5) is 38.1. The van der Waals surface area contributed by atoms with E-state index >= 15 is 0 Å². The number of nitrogens with zero attached hydrogens (tertiary/aromatic N) is 1. The molecule has 0 unspecified atom stereocenters. The molecular formula is C19H27N3O6S. The fourth-order valence-electron chi connectivity index (χ4n) is 3.00. The minimum Gasteiger partial charge on any atom is -0.455 e. The van der Waals surface area contributed by atoms with Gasteiger partial charge in [-0.15, -0.1) is 0 Å². The van der Waals surface area contributed by atoms with Crippen LogP contribution in [0.5, 0.6) is 0 Å². The maximum absolute atomic E-state index is 12.3. The van der Waals surface area contributed by atoms with E-state index in [0.29, 0.717) is 25.9 Å². The monoisotopic (exact) mass is 425 g/mol. The molecule has 3 N–H and O–H groups in total. The molecule has 0 saturated carbocycles. The summed E-state index contributed by atoms with van der Waals surface area (Å²) in [7, 11) is -3.89. The molecule has 0 radical (unpaired) electrons. The van der Waals surface area contributed by atoms with Gasteiger partial charge in [0.05, 0.1) is 10.8 Å². The van der Waals surface area contributed by atoms with Gasteiger partial charge in [-0.2, -0.15) is 0 Å². The molecule has 2 rings (SSSR count). The first-order valence-electron chi connectivity index (χ1n) is 9.26. The van der Waals surface area contributed by atoms with Crippen molar-refractivity contribution in [2.75, 3.05) is 25.0 Å². The lowest BCUT2D eigenvalue weighted by Crippen LogP contribution is -2.45. The number of hydrogen-bond donors (Lipinski definition) is 2. The van der Waals surface area contributed by atoms with Crippen LogP contribution in [0, 0.1) is 11.3 Å². The van der Waals surface area contributed by atoms with Crippen molar-refractivity contribution in [3.8, 4) is 0 Å². The predicted octanol–water partition coefficient (Wildman–Crippen LogP) is 1.10. The van der Waals surface area contributed by atoms with Gasteiger partial charge in [0, 0.05) is 24.2 Å². The zero-order chi connectivity index (χ0) is 21.8. The molecule has 1 saturated heterocycles. The summed E-state index contributed by atoms with van der Waals surface area (Å²) in [6, 6.07) is 5.46. The Morgan fingerprint density at radius 1 is 1.21 bits per heavy atom. The molecule has 9 nitrogen and oxygen atoms in total. The molecule has 0 spiro atoms. The lowest BCUT2D eigenvalue weighted by molar-refractivity contribution is -0.155. The summed E-state index contributed by atoms with van der Waals surface area (Å²) in [6.45, 7) is 6.03. The van der Waals surface area contributed by atoms with Crippen LogP contribution in [0.25, 0.3) is 0 Å². The van der Waals surface area contributed by atoms with E-state index in [1.54, 1.807) is 4.90 Å². The number of sulfonamides is 1. The van der Waals surface area contributed by atoms with Crippen LogP contribution in [-0.2, 0) is 29.1 Å². The second kappa shape index (κ2) is 8.91. The van der Waals surface area contributed by atoms with Crippen molar-refractivity contribution in [3.63, 3.8) is 0 Å². The van der Waals surface area contributed by atoms with Crippen LogP contribution < -0.4 is 10.5 Å². The van der Waals surface area contributed by atoms with E-state index in [9.17, 15) is 22.8 Å². The maximum atomic E-state index is 12.3. The summed E-state index contributed by atoms with van der Waals surface area (Å²) in [5.41, 5.74) is -0.238. The molecule has 10 heteroatoms. The number of ether oxygens (including phenoxy) is 1. The summed E-state index contributed by atoms with van der Waals surface area (Å²) in [5.74, 6) is -1.39. The molecule has 1 aliphatic rings. The number of anilines is 1. The van der Waals surface area contributed by atoms with Crippen molar-refractivity contribution in [2.45, 2.75) is 38.5 Å². The maximum Gasteiger partial charge on any atom is 0.309 e. The Labute approximate surface area is 170 Å². The van der Waals surface area contributed by atoms with E-state index in [1.807, 2.05) is 20.8 Å².